The number of hydrogen-bond donors (Lipinski definition) is 0. The fraction of sp³-hybridized carbons (Fsp3) is 0.0169. The van der Waals surface area contributed by atoms with Gasteiger partial charge in [-0.05, 0) is 86.8 Å². The third kappa shape index (κ3) is 5.29. The van der Waals surface area contributed by atoms with Crippen molar-refractivity contribution in [3.63, 3.8) is 0 Å². The Bertz CT molecular complexity index is 3370. The normalized spacial score (nSPS) is 12.7. The van der Waals surface area contributed by atoms with Crippen LogP contribution in [-0.2, 0) is 5.41 Å². The predicted molar refractivity (Wildman–Crippen MR) is 256 cm³/mol. The van der Waals surface area contributed by atoms with Crippen molar-refractivity contribution in [3.8, 4) is 27.9 Å². The Balaban J connectivity index is 1.16. The number of benzene rings is 10. The molecule has 2 heteroatoms. The molecule has 0 saturated carbocycles. The lowest BCUT2D eigenvalue weighted by Crippen LogP contribution is -2.28. The summed E-state index contributed by atoms with van der Waals surface area (Å²) in [6.07, 6.45) is 0. The molecule has 12 rings (SSSR count). The van der Waals surface area contributed by atoms with Crippen LogP contribution in [0.4, 0.5) is 17.1 Å². The van der Waals surface area contributed by atoms with E-state index >= 15 is 0 Å². The van der Waals surface area contributed by atoms with E-state index in [1.807, 2.05) is 0 Å². The minimum Gasteiger partial charge on any atom is -0.309 e. The van der Waals surface area contributed by atoms with Crippen LogP contribution in [0.2, 0.25) is 0 Å². The molecule has 0 unspecified atom stereocenters. The van der Waals surface area contributed by atoms with Crippen molar-refractivity contribution in [2.45, 2.75) is 5.41 Å². The van der Waals surface area contributed by atoms with Crippen LogP contribution < -0.4 is 4.90 Å². The molecule has 11 aromatic rings. The third-order valence-electron chi connectivity index (χ3n) is 12.9. The summed E-state index contributed by atoms with van der Waals surface area (Å²) in [7, 11) is 0. The smallest absolute Gasteiger partial charge is 0.0714 e. The predicted octanol–water partition coefficient (Wildman–Crippen LogP) is 15.4. The van der Waals surface area contributed by atoms with E-state index in [1.165, 1.54) is 71.6 Å². The maximum absolute atomic E-state index is 2.50. The molecule has 286 valence electrons. The van der Waals surface area contributed by atoms with Crippen molar-refractivity contribution in [1.82, 2.24) is 4.57 Å². The van der Waals surface area contributed by atoms with Crippen molar-refractivity contribution in [3.05, 3.63) is 265 Å². The van der Waals surface area contributed by atoms with E-state index in [0.29, 0.717) is 0 Å². The van der Waals surface area contributed by atoms with Gasteiger partial charge in [-0.15, -0.1) is 0 Å². The van der Waals surface area contributed by atoms with Gasteiger partial charge in [-0.3, -0.25) is 0 Å². The van der Waals surface area contributed by atoms with E-state index in [2.05, 4.69) is 252 Å². The molecule has 0 spiro atoms. The Morgan fingerprint density at radius 3 is 1.67 bits per heavy atom. The molecule has 0 amide bonds. The van der Waals surface area contributed by atoms with Gasteiger partial charge in [0.15, 0.2) is 0 Å². The molecule has 10 aromatic carbocycles. The second-order valence-corrected chi connectivity index (χ2v) is 16.0. The molecule has 0 atom stereocenters. The maximum Gasteiger partial charge on any atom is 0.0714 e. The Labute approximate surface area is 355 Å². The van der Waals surface area contributed by atoms with Gasteiger partial charge in [0.25, 0.3) is 0 Å². The van der Waals surface area contributed by atoms with E-state index in [0.717, 1.165) is 28.3 Å². The van der Waals surface area contributed by atoms with Crippen LogP contribution in [0, 0.1) is 0 Å². The first-order valence-corrected chi connectivity index (χ1v) is 21.1. The minimum absolute atomic E-state index is 0.499. The van der Waals surface area contributed by atoms with Crippen LogP contribution in [0.3, 0.4) is 0 Å². The number of aromatic nitrogens is 1. The molecule has 0 bridgehead atoms. The fourth-order valence-corrected chi connectivity index (χ4v) is 10.4. The largest absolute Gasteiger partial charge is 0.309 e. The first-order chi connectivity index (χ1) is 30.3. The van der Waals surface area contributed by atoms with Crippen molar-refractivity contribution in [2.75, 3.05) is 4.90 Å². The van der Waals surface area contributed by atoms with Crippen LogP contribution in [0.5, 0.6) is 0 Å². The van der Waals surface area contributed by atoms with Crippen LogP contribution >= 0.6 is 0 Å². The molecule has 1 aliphatic carbocycles. The van der Waals surface area contributed by atoms with Gasteiger partial charge >= 0.3 is 0 Å². The van der Waals surface area contributed by atoms with Crippen LogP contribution in [0.15, 0.2) is 243 Å². The molecule has 2 nitrogen and oxygen atoms in total. The fourth-order valence-electron chi connectivity index (χ4n) is 10.4. The topological polar surface area (TPSA) is 8.17 Å². The van der Waals surface area contributed by atoms with E-state index in [-0.39, 0.29) is 0 Å². The standard InChI is InChI=1S/C59H40N2/c1-4-20-41(21-5-1)46-29-13-16-33-53(46)61(54-35-18-23-42-22-10-11-28-47(42)54)57-37-19-36-56-58(57)50-31-14-17-34-55(50)60(56)45-38-39-49-48-30-12-15-32-51(48)59(52(49)40-45,43-24-6-2-7-25-43)44-26-8-3-9-27-44/h1-40H. The van der Waals surface area contributed by atoms with Crippen molar-refractivity contribution in [1.29, 1.82) is 0 Å². The summed E-state index contributed by atoms with van der Waals surface area (Å²) in [6.45, 7) is 0. The Morgan fingerprint density at radius 1 is 0.344 bits per heavy atom. The highest BCUT2D eigenvalue weighted by atomic mass is 15.2. The Kier molecular flexibility index (Phi) is 8.11. The summed E-state index contributed by atoms with van der Waals surface area (Å²) in [5.74, 6) is 0. The molecule has 0 saturated heterocycles. The van der Waals surface area contributed by atoms with Crippen molar-refractivity contribution >= 4 is 49.6 Å². The van der Waals surface area contributed by atoms with Crippen LogP contribution in [0.1, 0.15) is 22.3 Å². The quantitative estimate of drug-likeness (QED) is 0.156. The molecule has 0 radical (unpaired) electrons. The average molecular weight is 777 g/mol. The summed E-state index contributed by atoms with van der Waals surface area (Å²) >= 11 is 0. The van der Waals surface area contributed by atoms with Gasteiger partial charge in [-0.25, -0.2) is 0 Å². The Hall–Kier alpha value is -7.94. The van der Waals surface area contributed by atoms with Crippen molar-refractivity contribution in [2.24, 2.45) is 0 Å². The summed E-state index contributed by atoms with van der Waals surface area (Å²) in [5, 5.41) is 4.81. The highest BCUT2D eigenvalue weighted by Crippen LogP contribution is 2.57. The molecule has 61 heavy (non-hydrogen) atoms. The van der Waals surface area contributed by atoms with E-state index in [4.69, 9.17) is 0 Å². The SMILES string of the molecule is c1ccc(-c2ccccc2N(c2cccc3ccccc23)c2cccc3c2c2ccccc2n3-c2ccc3c(c2)C(c2ccccc2)(c2ccccc2)c2ccccc2-3)cc1. The number of nitrogens with zero attached hydrogens (tertiary/aromatic N) is 2. The molecule has 0 aliphatic heterocycles. The number of anilines is 3. The van der Waals surface area contributed by atoms with Crippen molar-refractivity contribution < 1.29 is 0 Å². The van der Waals surface area contributed by atoms with Gasteiger partial charge < -0.3 is 9.47 Å². The van der Waals surface area contributed by atoms with E-state index < -0.39 is 5.41 Å². The maximum atomic E-state index is 2.50. The molecule has 0 N–H and O–H groups in total. The highest BCUT2D eigenvalue weighted by molar-refractivity contribution is 6.18. The number of fused-ring (bicyclic) bond motifs is 7. The molecule has 1 heterocycles. The zero-order chi connectivity index (χ0) is 40.3. The molecule has 1 aliphatic rings. The summed E-state index contributed by atoms with van der Waals surface area (Å²) in [6, 6.07) is 89.1. The zero-order valence-electron chi connectivity index (χ0n) is 33.5. The van der Waals surface area contributed by atoms with Gasteiger partial charge in [0.1, 0.15) is 0 Å². The second-order valence-electron chi connectivity index (χ2n) is 16.0. The van der Waals surface area contributed by atoms with Gasteiger partial charge in [0.05, 0.1) is 33.5 Å². The molecule has 0 fully saturated rings. The highest BCUT2D eigenvalue weighted by Gasteiger charge is 2.46. The van der Waals surface area contributed by atoms with Gasteiger partial charge in [0, 0.05) is 27.4 Å². The van der Waals surface area contributed by atoms with Crippen LogP contribution in [0.25, 0.3) is 60.5 Å². The molecular weight excluding hydrogens is 737 g/mol. The monoisotopic (exact) mass is 776 g/mol. The number of hydrogen-bond acceptors (Lipinski definition) is 1. The first-order valence-electron chi connectivity index (χ1n) is 21.1. The van der Waals surface area contributed by atoms with Crippen LogP contribution in [-0.4, -0.2) is 4.57 Å². The lowest BCUT2D eigenvalue weighted by molar-refractivity contribution is 0.767. The lowest BCUT2D eigenvalue weighted by Gasteiger charge is -2.34. The Morgan fingerprint density at radius 2 is 0.885 bits per heavy atom. The first kappa shape index (κ1) is 35.0. The summed E-state index contributed by atoms with van der Waals surface area (Å²) < 4.78 is 2.49. The summed E-state index contributed by atoms with van der Waals surface area (Å²) in [4.78, 5) is 2.50. The summed E-state index contributed by atoms with van der Waals surface area (Å²) in [5.41, 5.74) is 16.4. The zero-order valence-corrected chi connectivity index (χ0v) is 33.5. The molecule has 1 aromatic heterocycles. The third-order valence-corrected chi connectivity index (χ3v) is 12.9. The van der Waals surface area contributed by atoms with Gasteiger partial charge in [-0.1, -0.05) is 200 Å². The minimum atomic E-state index is -0.499. The lowest BCUT2D eigenvalue weighted by atomic mass is 9.67. The number of para-hydroxylation sites is 2. The van der Waals surface area contributed by atoms with E-state index in [1.54, 1.807) is 0 Å². The number of rotatable bonds is 7. The van der Waals surface area contributed by atoms with Gasteiger partial charge in [0.2, 0.25) is 0 Å². The van der Waals surface area contributed by atoms with Gasteiger partial charge in [-0.2, -0.15) is 0 Å². The second kappa shape index (κ2) is 14.1. The molecular formula is C59H40N2. The van der Waals surface area contributed by atoms with E-state index in [9.17, 15) is 0 Å². The average Bonchev–Trinajstić information content (AvgIpc) is 3.84.